The summed E-state index contributed by atoms with van der Waals surface area (Å²) in [4.78, 5) is 26.2. The first kappa shape index (κ1) is 13.2. The van der Waals surface area contributed by atoms with Gasteiger partial charge in [0.05, 0.1) is 29.2 Å². The average molecular weight is 286 g/mol. The van der Waals surface area contributed by atoms with E-state index in [9.17, 15) is 14.7 Å². The molecule has 1 unspecified atom stereocenters. The molecule has 2 heterocycles. The number of rotatable bonds is 4. The van der Waals surface area contributed by atoms with Gasteiger partial charge in [-0.05, 0) is 25.1 Å². The molecule has 0 bridgehead atoms. The summed E-state index contributed by atoms with van der Waals surface area (Å²) >= 11 is 0. The molecule has 2 N–H and O–H groups in total. The molecular weight excluding hydrogens is 272 g/mol. The van der Waals surface area contributed by atoms with Gasteiger partial charge in [0.15, 0.2) is 0 Å². The van der Waals surface area contributed by atoms with E-state index in [2.05, 4.69) is 10.1 Å². The predicted octanol–water partition coefficient (Wildman–Crippen LogP) is 1.49. The number of carboxylic acids is 1. The van der Waals surface area contributed by atoms with Gasteiger partial charge in [0, 0.05) is 12.4 Å². The van der Waals surface area contributed by atoms with Gasteiger partial charge in [0.1, 0.15) is 0 Å². The van der Waals surface area contributed by atoms with Crippen molar-refractivity contribution < 1.29 is 9.90 Å². The molecule has 0 amide bonds. The maximum Gasteiger partial charge on any atom is 0.337 e. The fourth-order valence-electron chi connectivity index (χ4n) is 2.53. The Labute approximate surface area is 119 Å². The first-order chi connectivity index (χ1) is 10.1. The number of imidazole rings is 1. The molecule has 1 aromatic carbocycles. The molecule has 21 heavy (non-hydrogen) atoms. The van der Waals surface area contributed by atoms with Crippen molar-refractivity contribution in [3.63, 3.8) is 0 Å². The molecule has 2 aromatic heterocycles. The number of H-pyrrole nitrogens is 1. The van der Waals surface area contributed by atoms with Crippen molar-refractivity contribution in [1.82, 2.24) is 19.3 Å². The Bertz CT molecular complexity index is 845. The van der Waals surface area contributed by atoms with E-state index in [4.69, 9.17) is 0 Å². The molecular formula is C14H14N4O3. The number of aromatic nitrogens is 4. The second-order valence-corrected chi connectivity index (χ2v) is 4.88. The van der Waals surface area contributed by atoms with Gasteiger partial charge in [-0.25, -0.2) is 9.59 Å². The Kier molecular flexibility index (Phi) is 3.09. The first-order valence-corrected chi connectivity index (χ1v) is 6.52. The molecule has 0 saturated heterocycles. The third kappa shape index (κ3) is 2.22. The van der Waals surface area contributed by atoms with Crippen LogP contribution in [0.3, 0.4) is 0 Å². The fourth-order valence-corrected chi connectivity index (χ4v) is 2.53. The van der Waals surface area contributed by atoms with Crippen LogP contribution in [0.2, 0.25) is 0 Å². The summed E-state index contributed by atoms with van der Waals surface area (Å²) < 4.78 is 3.18. The molecule has 3 aromatic rings. The first-order valence-electron chi connectivity index (χ1n) is 6.52. The molecule has 108 valence electrons. The number of carboxylic acid groups (broad SMARTS) is 1. The van der Waals surface area contributed by atoms with Crippen LogP contribution < -0.4 is 5.69 Å². The number of nitrogens with zero attached hydrogens (tertiary/aromatic N) is 3. The molecule has 0 saturated carbocycles. The van der Waals surface area contributed by atoms with Crippen molar-refractivity contribution in [2.45, 2.75) is 19.5 Å². The van der Waals surface area contributed by atoms with Crippen LogP contribution in [0.5, 0.6) is 0 Å². The molecule has 0 aliphatic heterocycles. The maximum absolute atomic E-state index is 12.2. The van der Waals surface area contributed by atoms with Crippen LogP contribution in [-0.4, -0.2) is 30.4 Å². The van der Waals surface area contributed by atoms with Crippen LogP contribution in [0.4, 0.5) is 0 Å². The van der Waals surface area contributed by atoms with Gasteiger partial charge in [-0.1, -0.05) is 6.07 Å². The highest BCUT2D eigenvalue weighted by Gasteiger charge is 2.19. The highest BCUT2D eigenvalue weighted by Crippen LogP contribution is 2.20. The van der Waals surface area contributed by atoms with Crippen LogP contribution in [0.15, 0.2) is 41.5 Å². The Morgan fingerprint density at radius 2 is 2.24 bits per heavy atom. The lowest BCUT2D eigenvalue weighted by Crippen LogP contribution is -2.24. The zero-order valence-electron chi connectivity index (χ0n) is 11.4. The smallest absolute Gasteiger partial charge is 0.337 e. The Balaban J connectivity index is 2.15. The van der Waals surface area contributed by atoms with E-state index in [1.165, 1.54) is 10.6 Å². The van der Waals surface area contributed by atoms with Crippen LogP contribution >= 0.6 is 0 Å². The summed E-state index contributed by atoms with van der Waals surface area (Å²) in [5.41, 5.74) is 0.721. The van der Waals surface area contributed by atoms with Gasteiger partial charge in [0.2, 0.25) is 0 Å². The van der Waals surface area contributed by atoms with Crippen molar-refractivity contribution >= 4 is 17.0 Å². The van der Waals surface area contributed by atoms with E-state index < -0.39 is 5.97 Å². The SMILES string of the molecule is CC(Cn1cccn1)n1c(=O)[nH]c2cccc(C(=O)O)c21. The molecule has 0 aliphatic rings. The minimum absolute atomic E-state index is 0.109. The van der Waals surface area contributed by atoms with E-state index in [1.807, 2.05) is 6.92 Å². The molecule has 0 radical (unpaired) electrons. The topological polar surface area (TPSA) is 92.9 Å². The summed E-state index contributed by atoms with van der Waals surface area (Å²) in [7, 11) is 0. The second kappa shape index (κ2) is 4.93. The number of benzene rings is 1. The lowest BCUT2D eigenvalue weighted by atomic mass is 10.1. The van der Waals surface area contributed by atoms with Gasteiger partial charge in [-0.15, -0.1) is 0 Å². The molecule has 0 spiro atoms. The standard InChI is InChI=1S/C14H14N4O3/c1-9(8-17-7-3-6-15-17)18-12-10(13(19)20)4-2-5-11(12)16-14(18)21/h2-7,9H,8H2,1H3,(H,16,21)(H,19,20). The zero-order chi connectivity index (χ0) is 15.0. The third-order valence-electron chi connectivity index (χ3n) is 3.42. The Morgan fingerprint density at radius 1 is 1.43 bits per heavy atom. The minimum atomic E-state index is -1.06. The molecule has 3 rings (SSSR count). The van der Waals surface area contributed by atoms with E-state index in [0.717, 1.165) is 0 Å². The van der Waals surface area contributed by atoms with Gasteiger partial charge >= 0.3 is 11.7 Å². The summed E-state index contributed by atoms with van der Waals surface area (Å²) in [6.45, 7) is 2.34. The highest BCUT2D eigenvalue weighted by atomic mass is 16.4. The van der Waals surface area contributed by atoms with Crippen molar-refractivity contribution in [3.05, 3.63) is 52.7 Å². The van der Waals surface area contributed by atoms with E-state index in [0.29, 0.717) is 17.6 Å². The van der Waals surface area contributed by atoms with Crippen molar-refractivity contribution in [3.8, 4) is 0 Å². The second-order valence-electron chi connectivity index (χ2n) is 4.88. The highest BCUT2D eigenvalue weighted by molar-refractivity contribution is 6.01. The number of carbonyl (C=O) groups is 1. The normalized spacial score (nSPS) is 12.6. The largest absolute Gasteiger partial charge is 0.478 e. The summed E-state index contributed by atoms with van der Waals surface area (Å²) in [6.07, 6.45) is 3.46. The molecule has 7 nitrogen and oxygen atoms in total. The molecule has 1 atom stereocenters. The van der Waals surface area contributed by atoms with Gasteiger partial charge < -0.3 is 10.1 Å². The Morgan fingerprint density at radius 3 is 2.90 bits per heavy atom. The molecule has 0 fully saturated rings. The number of hydrogen-bond donors (Lipinski definition) is 2. The van der Waals surface area contributed by atoms with Crippen LogP contribution in [0.1, 0.15) is 23.3 Å². The van der Waals surface area contributed by atoms with Crippen molar-refractivity contribution in [2.24, 2.45) is 0 Å². The number of fused-ring (bicyclic) bond motifs is 1. The van der Waals surface area contributed by atoms with Crippen LogP contribution in [0, 0.1) is 0 Å². The quantitative estimate of drug-likeness (QED) is 0.759. The Hall–Kier alpha value is -2.83. The van der Waals surface area contributed by atoms with Gasteiger partial charge in [-0.3, -0.25) is 9.25 Å². The fraction of sp³-hybridized carbons (Fsp3) is 0.214. The number of para-hydroxylation sites is 1. The summed E-state index contributed by atoms with van der Waals surface area (Å²) in [5, 5.41) is 13.4. The van der Waals surface area contributed by atoms with Crippen LogP contribution in [0.25, 0.3) is 11.0 Å². The maximum atomic E-state index is 12.2. The zero-order valence-corrected chi connectivity index (χ0v) is 11.4. The monoisotopic (exact) mass is 286 g/mol. The van der Waals surface area contributed by atoms with Crippen molar-refractivity contribution in [1.29, 1.82) is 0 Å². The number of aromatic carboxylic acids is 1. The van der Waals surface area contributed by atoms with Gasteiger partial charge in [-0.2, -0.15) is 5.10 Å². The van der Waals surface area contributed by atoms with Gasteiger partial charge in [0.25, 0.3) is 0 Å². The van der Waals surface area contributed by atoms with Crippen molar-refractivity contribution in [2.75, 3.05) is 0 Å². The number of hydrogen-bond acceptors (Lipinski definition) is 3. The molecule has 0 aliphatic carbocycles. The summed E-state index contributed by atoms with van der Waals surface area (Å²) in [5.74, 6) is -1.06. The van der Waals surface area contributed by atoms with E-state index in [1.54, 1.807) is 35.3 Å². The lowest BCUT2D eigenvalue weighted by Gasteiger charge is -2.14. The molecule has 7 heteroatoms. The third-order valence-corrected chi connectivity index (χ3v) is 3.42. The predicted molar refractivity (Wildman–Crippen MR) is 76.5 cm³/mol. The van der Waals surface area contributed by atoms with Crippen LogP contribution in [-0.2, 0) is 6.54 Å². The number of aromatic amines is 1. The van der Waals surface area contributed by atoms with E-state index in [-0.39, 0.29) is 17.3 Å². The van der Waals surface area contributed by atoms with E-state index >= 15 is 0 Å². The lowest BCUT2D eigenvalue weighted by molar-refractivity contribution is 0.0698. The number of nitrogens with one attached hydrogen (secondary N) is 1. The minimum Gasteiger partial charge on any atom is -0.478 e. The average Bonchev–Trinajstić information content (AvgIpc) is 3.03. The summed E-state index contributed by atoms with van der Waals surface area (Å²) in [6, 6.07) is 6.37.